The highest BCUT2D eigenvalue weighted by Gasteiger charge is 2.27. The molecule has 254 valence electrons. The van der Waals surface area contributed by atoms with E-state index in [0.717, 1.165) is 16.7 Å². The molecule has 0 spiro atoms. The summed E-state index contributed by atoms with van der Waals surface area (Å²) < 4.78 is 19.0. The van der Waals surface area contributed by atoms with Crippen molar-refractivity contribution in [2.75, 3.05) is 13.1 Å². The van der Waals surface area contributed by atoms with E-state index >= 15 is 0 Å². The minimum Gasteiger partial charge on any atom is -0.485 e. The van der Waals surface area contributed by atoms with Crippen LogP contribution in [0.2, 0.25) is 0 Å². The molecule has 1 heterocycles. The molecule has 5 aromatic carbocycles. The van der Waals surface area contributed by atoms with E-state index in [1.54, 1.807) is 17.0 Å². The minimum absolute atomic E-state index is 0.0685. The Morgan fingerprint density at radius 1 is 0.660 bits per heavy atom. The summed E-state index contributed by atoms with van der Waals surface area (Å²) in [7, 11) is 0. The Balaban J connectivity index is 1.20. The molecule has 1 saturated heterocycles. The second kappa shape index (κ2) is 16.3. The van der Waals surface area contributed by atoms with Gasteiger partial charge in [-0.2, -0.15) is 0 Å². The van der Waals surface area contributed by atoms with Crippen molar-refractivity contribution in [2.45, 2.75) is 38.7 Å². The van der Waals surface area contributed by atoms with E-state index < -0.39 is 4.92 Å². The summed E-state index contributed by atoms with van der Waals surface area (Å²) in [6.07, 6.45) is 1.11. The van der Waals surface area contributed by atoms with Gasteiger partial charge in [-0.15, -0.1) is 0 Å². The minimum atomic E-state index is -0.496. The lowest BCUT2D eigenvalue weighted by Crippen LogP contribution is -2.46. The molecule has 2 amide bonds. The Bertz CT molecular complexity index is 1830. The Labute approximate surface area is 290 Å². The fourth-order valence-corrected chi connectivity index (χ4v) is 5.67. The Morgan fingerprint density at radius 3 is 1.58 bits per heavy atom. The third-order valence-electron chi connectivity index (χ3n) is 8.43. The van der Waals surface area contributed by atoms with Crippen LogP contribution in [0.25, 0.3) is 0 Å². The lowest BCUT2D eigenvalue weighted by Gasteiger charge is -2.32. The first-order chi connectivity index (χ1) is 24.4. The molecule has 1 aliphatic rings. The van der Waals surface area contributed by atoms with Crippen LogP contribution in [0, 0.1) is 10.1 Å². The van der Waals surface area contributed by atoms with Crippen molar-refractivity contribution in [2.24, 2.45) is 0 Å². The van der Waals surface area contributed by atoms with Crippen molar-refractivity contribution >= 4 is 17.5 Å². The van der Waals surface area contributed by atoms with E-state index in [1.807, 2.05) is 91.0 Å². The number of amides is 2. The standard InChI is InChI=1S/C40H37N3O7/c44-39(41-34-20-22-42(23-21-34)40(45)32-16-18-35(19-17-32)43(46)47)33-24-36(48-26-29-10-4-1-5-11-29)38(50-28-31-14-8-3-9-15-31)37(25-33)49-27-30-12-6-2-7-13-30/h1-19,24-25,34H,20-23,26-28H2,(H,41,44). The van der Waals surface area contributed by atoms with Gasteiger partial charge < -0.3 is 24.4 Å². The number of nitrogens with zero attached hydrogens (tertiary/aromatic N) is 2. The maximum Gasteiger partial charge on any atom is 0.269 e. The molecule has 0 saturated carbocycles. The molecule has 6 rings (SSSR count). The number of non-ortho nitro benzene ring substituents is 1. The predicted molar refractivity (Wildman–Crippen MR) is 188 cm³/mol. The summed E-state index contributed by atoms with van der Waals surface area (Å²) in [5.74, 6) is 0.661. The van der Waals surface area contributed by atoms with Crippen LogP contribution in [-0.4, -0.2) is 40.8 Å². The molecule has 10 nitrogen and oxygen atoms in total. The van der Waals surface area contributed by atoms with Crippen LogP contribution in [0.15, 0.2) is 127 Å². The Morgan fingerprint density at radius 2 is 1.12 bits per heavy atom. The number of nitro benzene ring substituents is 1. The molecule has 50 heavy (non-hydrogen) atoms. The molecule has 10 heteroatoms. The van der Waals surface area contributed by atoms with Crippen molar-refractivity contribution in [3.63, 3.8) is 0 Å². The van der Waals surface area contributed by atoms with Crippen LogP contribution in [0.4, 0.5) is 5.69 Å². The molecule has 1 fully saturated rings. The summed E-state index contributed by atoms with van der Waals surface area (Å²) in [6.45, 7) is 1.65. The van der Waals surface area contributed by atoms with Crippen molar-refractivity contribution in [1.82, 2.24) is 10.2 Å². The maximum absolute atomic E-state index is 13.8. The third-order valence-corrected chi connectivity index (χ3v) is 8.43. The SMILES string of the molecule is O=C(NC1CCN(C(=O)c2ccc([N+](=O)[O-])cc2)CC1)c1cc(OCc2ccccc2)c(OCc2ccccc2)c(OCc2ccccc2)c1. The van der Waals surface area contributed by atoms with Gasteiger partial charge in [0.25, 0.3) is 17.5 Å². The van der Waals surface area contributed by atoms with Crippen molar-refractivity contribution in [3.8, 4) is 17.2 Å². The van der Waals surface area contributed by atoms with Gasteiger partial charge in [-0.05, 0) is 53.8 Å². The third kappa shape index (κ3) is 8.84. The number of ether oxygens (including phenoxy) is 3. The van der Waals surface area contributed by atoms with Crippen LogP contribution in [-0.2, 0) is 19.8 Å². The van der Waals surface area contributed by atoms with E-state index in [-0.39, 0.29) is 43.4 Å². The number of benzene rings is 5. The molecule has 0 bridgehead atoms. The number of hydrogen-bond acceptors (Lipinski definition) is 7. The zero-order valence-corrected chi connectivity index (χ0v) is 27.4. The number of nitro groups is 1. The first-order valence-corrected chi connectivity index (χ1v) is 16.5. The smallest absolute Gasteiger partial charge is 0.269 e. The molecular formula is C40H37N3O7. The van der Waals surface area contributed by atoms with E-state index in [0.29, 0.717) is 54.3 Å². The van der Waals surface area contributed by atoms with Gasteiger partial charge in [-0.3, -0.25) is 19.7 Å². The second-order valence-electron chi connectivity index (χ2n) is 12.0. The first-order valence-electron chi connectivity index (χ1n) is 16.5. The Kier molecular flexibility index (Phi) is 11.0. The van der Waals surface area contributed by atoms with Crippen molar-refractivity contribution < 1.29 is 28.7 Å². The summed E-state index contributed by atoms with van der Waals surface area (Å²) in [5.41, 5.74) is 3.55. The van der Waals surface area contributed by atoms with Gasteiger partial charge in [-0.1, -0.05) is 91.0 Å². The van der Waals surface area contributed by atoms with Gasteiger partial charge in [0.2, 0.25) is 5.75 Å². The molecule has 0 radical (unpaired) electrons. The number of piperidine rings is 1. The number of rotatable bonds is 13. The summed E-state index contributed by atoms with van der Waals surface area (Å²) in [4.78, 5) is 39.0. The average molecular weight is 672 g/mol. The monoisotopic (exact) mass is 671 g/mol. The van der Waals surface area contributed by atoms with Gasteiger partial charge in [0, 0.05) is 42.4 Å². The highest BCUT2D eigenvalue weighted by atomic mass is 16.6. The van der Waals surface area contributed by atoms with Gasteiger partial charge >= 0.3 is 0 Å². The predicted octanol–water partition coefficient (Wildman–Crippen LogP) is 7.37. The molecule has 0 unspecified atom stereocenters. The number of carbonyl (C=O) groups excluding carboxylic acids is 2. The van der Waals surface area contributed by atoms with Crippen molar-refractivity contribution in [1.29, 1.82) is 0 Å². The molecule has 5 aromatic rings. The molecule has 1 N–H and O–H groups in total. The van der Waals surface area contributed by atoms with Gasteiger partial charge in [0.15, 0.2) is 11.5 Å². The number of hydrogen-bond donors (Lipinski definition) is 1. The van der Waals surface area contributed by atoms with Crippen LogP contribution < -0.4 is 19.5 Å². The average Bonchev–Trinajstić information content (AvgIpc) is 3.16. The first kappa shape index (κ1) is 33.7. The summed E-state index contributed by atoms with van der Waals surface area (Å²) in [5, 5.41) is 14.1. The second-order valence-corrected chi connectivity index (χ2v) is 12.0. The quantitative estimate of drug-likeness (QED) is 0.103. The van der Waals surface area contributed by atoms with Gasteiger partial charge in [0.05, 0.1) is 4.92 Å². The van der Waals surface area contributed by atoms with E-state index in [1.165, 1.54) is 24.3 Å². The molecule has 0 aromatic heterocycles. The normalized spacial score (nSPS) is 12.9. The summed E-state index contributed by atoms with van der Waals surface area (Å²) in [6, 6.07) is 38.1. The van der Waals surface area contributed by atoms with Crippen LogP contribution in [0.5, 0.6) is 17.2 Å². The van der Waals surface area contributed by atoms with Crippen LogP contribution >= 0.6 is 0 Å². The highest BCUT2D eigenvalue weighted by molar-refractivity contribution is 5.96. The molecular weight excluding hydrogens is 634 g/mol. The molecule has 1 aliphatic heterocycles. The van der Waals surface area contributed by atoms with Gasteiger partial charge in [-0.25, -0.2) is 0 Å². The topological polar surface area (TPSA) is 120 Å². The van der Waals surface area contributed by atoms with E-state index in [2.05, 4.69) is 5.32 Å². The number of nitrogens with one attached hydrogen (secondary N) is 1. The lowest BCUT2D eigenvalue weighted by molar-refractivity contribution is -0.384. The Hall–Kier alpha value is -6.16. The largest absolute Gasteiger partial charge is 0.485 e. The zero-order valence-electron chi connectivity index (χ0n) is 27.4. The van der Waals surface area contributed by atoms with Gasteiger partial charge in [0.1, 0.15) is 19.8 Å². The van der Waals surface area contributed by atoms with E-state index in [9.17, 15) is 19.7 Å². The molecule has 0 atom stereocenters. The maximum atomic E-state index is 13.8. The molecule has 0 aliphatic carbocycles. The highest BCUT2D eigenvalue weighted by Crippen LogP contribution is 2.40. The lowest BCUT2D eigenvalue weighted by atomic mass is 10.0. The fourth-order valence-electron chi connectivity index (χ4n) is 5.67. The fraction of sp³-hybridized carbons (Fsp3) is 0.200. The van der Waals surface area contributed by atoms with Crippen LogP contribution in [0.1, 0.15) is 50.2 Å². The zero-order chi connectivity index (χ0) is 34.7. The van der Waals surface area contributed by atoms with Crippen molar-refractivity contribution in [3.05, 3.63) is 165 Å². The summed E-state index contributed by atoms with van der Waals surface area (Å²) >= 11 is 0. The van der Waals surface area contributed by atoms with Crippen LogP contribution in [0.3, 0.4) is 0 Å². The number of likely N-dealkylation sites (tertiary alicyclic amines) is 1. The van der Waals surface area contributed by atoms with E-state index in [4.69, 9.17) is 14.2 Å². The number of carbonyl (C=O) groups is 2.